The molecule has 0 saturated carbocycles. The van der Waals surface area contributed by atoms with Crippen LogP contribution in [-0.4, -0.2) is 35.0 Å². The van der Waals surface area contributed by atoms with Crippen molar-refractivity contribution in [1.82, 2.24) is 5.32 Å². The highest BCUT2D eigenvalue weighted by atomic mass is 33.1. The molecular formula is C6H11NO3S2. The van der Waals surface area contributed by atoms with Crippen molar-refractivity contribution in [3.63, 3.8) is 0 Å². The number of aliphatic carboxylic acids is 1. The molecule has 2 N–H and O–H groups in total. The highest BCUT2D eigenvalue weighted by molar-refractivity contribution is 8.76. The first-order valence-electron chi connectivity index (χ1n) is 3.23. The summed E-state index contributed by atoms with van der Waals surface area (Å²) in [6, 6.07) is -0.778. The van der Waals surface area contributed by atoms with E-state index in [1.807, 2.05) is 6.26 Å². The number of hydrogen-bond donors (Lipinski definition) is 2. The summed E-state index contributed by atoms with van der Waals surface area (Å²) in [5, 5.41) is 11.0. The monoisotopic (exact) mass is 209 g/mol. The lowest BCUT2D eigenvalue weighted by Crippen LogP contribution is -2.41. The summed E-state index contributed by atoms with van der Waals surface area (Å²) in [6.07, 6.45) is 1.86. The molecular weight excluding hydrogens is 198 g/mol. The molecule has 1 amide bonds. The van der Waals surface area contributed by atoms with Crippen LogP contribution in [0.15, 0.2) is 0 Å². The SMILES string of the molecule is CSSCC(NC(C)=O)C(=O)O. The minimum Gasteiger partial charge on any atom is -0.480 e. The number of carbonyl (C=O) groups excluding carboxylic acids is 1. The molecule has 6 heteroatoms. The molecule has 0 radical (unpaired) electrons. The first kappa shape index (κ1) is 11.6. The van der Waals surface area contributed by atoms with Gasteiger partial charge in [0.05, 0.1) is 0 Å². The van der Waals surface area contributed by atoms with Gasteiger partial charge in [0.15, 0.2) is 0 Å². The minimum atomic E-state index is -0.994. The second-order valence-electron chi connectivity index (χ2n) is 2.04. The molecule has 0 aliphatic rings. The van der Waals surface area contributed by atoms with Crippen LogP contribution in [0.2, 0.25) is 0 Å². The van der Waals surface area contributed by atoms with E-state index < -0.39 is 12.0 Å². The van der Waals surface area contributed by atoms with E-state index in [1.54, 1.807) is 0 Å². The molecule has 0 aliphatic carbocycles. The molecule has 12 heavy (non-hydrogen) atoms. The molecule has 0 aromatic carbocycles. The molecule has 0 rings (SSSR count). The third kappa shape index (κ3) is 5.31. The van der Waals surface area contributed by atoms with E-state index in [9.17, 15) is 9.59 Å². The Morgan fingerprint density at radius 2 is 2.17 bits per heavy atom. The van der Waals surface area contributed by atoms with Crippen molar-refractivity contribution in [3.8, 4) is 0 Å². The van der Waals surface area contributed by atoms with Gasteiger partial charge in [0, 0.05) is 12.7 Å². The van der Waals surface area contributed by atoms with Gasteiger partial charge in [-0.15, -0.1) is 0 Å². The molecule has 0 aromatic rings. The number of amides is 1. The van der Waals surface area contributed by atoms with E-state index in [2.05, 4.69) is 5.32 Å². The Hall–Kier alpha value is -0.360. The van der Waals surface area contributed by atoms with Gasteiger partial charge in [-0.2, -0.15) is 0 Å². The number of hydrogen-bond acceptors (Lipinski definition) is 4. The topological polar surface area (TPSA) is 66.4 Å². The van der Waals surface area contributed by atoms with Crippen molar-refractivity contribution in [3.05, 3.63) is 0 Å². The number of rotatable bonds is 5. The van der Waals surface area contributed by atoms with Gasteiger partial charge < -0.3 is 10.4 Å². The summed E-state index contributed by atoms with van der Waals surface area (Å²) < 4.78 is 0. The summed E-state index contributed by atoms with van der Waals surface area (Å²) in [5.74, 6) is -0.924. The summed E-state index contributed by atoms with van der Waals surface area (Å²) >= 11 is 0. The number of carbonyl (C=O) groups is 2. The molecule has 0 spiro atoms. The predicted octanol–water partition coefficient (Wildman–Crippen LogP) is 0.587. The molecule has 0 fully saturated rings. The Morgan fingerprint density at radius 3 is 2.50 bits per heavy atom. The standard InChI is InChI=1S/C6H11NO3S2/c1-4(8)7-5(6(9)10)3-12-11-2/h5H,3H2,1-2H3,(H,7,8)(H,9,10). The molecule has 0 aromatic heterocycles. The van der Waals surface area contributed by atoms with Gasteiger partial charge in [0.25, 0.3) is 0 Å². The smallest absolute Gasteiger partial charge is 0.327 e. The van der Waals surface area contributed by atoms with Gasteiger partial charge in [-0.25, -0.2) is 4.79 Å². The molecule has 1 atom stereocenters. The van der Waals surface area contributed by atoms with E-state index in [4.69, 9.17) is 5.11 Å². The van der Waals surface area contributed by atoms with Crippen molar-refractivity contribution in [2.75, 3.05) is 12.0 Å². The predicted molar refractivity (Wildman–Crippen MR) is 51.2 cm³/mol. The largest absolute Gasteiger partial charge is 0.480 e. The number of carboxylic acids is 1. The van der Waals surface area contributed by atoms with Gasteiger partial charge >= 0.3 is 5.97 Å². The van der Waals surface area contributed by atoms with Gasteiger partial charge in [-0.3, -0.25) is 4.79 Å². The van der Waals surface area contributed by atoms with Crippen LogP contribution in [-0.2, 0) is 9.59 Å². The van der Waals surface area contributed by atoms with E-state index in [-0.39, 0.29) is 5.91 Å². The first-order valence-corrected chi connectivity index (χ1v) is 5.96. The zero-order chi connectivity index (χ0) is 9.56. The molecule has 4 nitrogen and oxygen atoms in total. The zero-order valence-electron chi connectivity index (χ0n) is 6.86. The Labute approximate surface area is 78.9 Å². The van der Waals surface area contributed by atoms with Gasteiger partial charge in [0.1, 0.15) is 6.04 Å². The average Bonchev–Trinajstić information content (AvgIpc) is 1.96. The van der Waals surface area contributed by atoms with Crippen LogP contribution < -0.4 is 5.32 Å². The quantitative estimate of drug-likeness (QED) is 0.649. The maximum absolute atomic E-state index is 10.5. The van der Waals surface area contributed by atoms with Crippen molar-refractivity contribution in [2.24, 2.45) is 0 Å². The first-order chi connectivity index (χ1) is 5.57. The Bertz CT molecular complexity index is 174. The number of nitrogens with one attached hydrogen (secondary N) is 1. The van der Waals surface area contributed by atoms with E-state index in [1.165, 1.54) is 28.5 Å². The Morgan fingerprint density at radius 1 is 1.58 bits per heavy atom. The lowest BCUT2D eigenvalue weighted by molar-refractivity contribution is -0.140. The second kappa shape index (κ2) is 6.19. The molecule has 1 unspecified atom stereocenters. The van der Waals surface area contributed by atoms with Crippen molar-refractivity contribution in [1.29, 1.82) is 0 Å². The lowest BCUT2D eigenvalue weighted by atomic mass is 10.3. The van der Waals surface area contributed by atoms with Crippen LogP contribution in [0.3, 0.4) is 0 Å². The summed E-state index contributed by atoms with van der Waals surface area (Å²) in [7, 11) is 2.88. The van der Waals surface area contributed by atoms with Crippen molar-refractivity contribution >= 4 is 33.5 Å². The van der Waals surface area contributed by atoms with Crippen molar-refractivity contribution < 1.29 is 14.7 Å². The van der Waals surface area contributed by atoms with Crippen LogP contribution in [0.25, 0.3) is 0 Å². The van der Waals surface area contributed by atoms with Gasteiger partial charge in [-0.1, -0.05) is 21.6 Å². The fourth-order valence-electron chi connectivity index (χ4n) is 0.556. The lowest BCUT2D eigenvalue weighted by Gasteiger charge is -2.10. The van der Waals surface area contributed by atoms with E-state index >= 15 is 0 Å². The van der Waals surface area contributed by atoms with Crippen LogP contribution in [0.4, 0.5) is 0 Å². The Balaban J connectivity index is 3.87. The van der Waals surface area contributed by atoms with Crippen LogP contribution in [0.1, 0.15) is 6.92 Å². The Kier molecular flexibility index (Phi) is 6.00. The van der Waals surface area contributed by atoms with E-state index in [0.29, 0.717) is 5.75 Å². The van der Waals surface area contributed by atoms with Gasteiger partial charge in [0.2, 0.25) is 5.91 Å². The fourth-order valence-corrected chi connectivity index (χ4v) is 1.87. The van der Waals surface area contributed by atoms with E-state index in [0.717, 1.165) is 0 Å². The summed E-state index contributed by atoms with van der Waals surface area (Å²) in [4.78, 5) is 21.0. The molecule has 70 valence electrons. The summed E-state index contributed by atoms with van der Waals surface area (Å²) in [6.45, 7) is 1.31. The van der Waals surface area contributed by atoms with Gasteiger partial charge in [-0.05, 0) is 6.26 Å². The third-order valence-corrected chi connectivity index (χ3v) is 2.85. The van der Waals surface area contributed by atoms with Crippen LogP contribution in [0, 0.1) is 0 Å². The molecule has 0 saturated heterocycles. The number of carboxylic acid groups (broad SMARTS) is 1. The fraction of sp³-hybridized carbons (Fsp3) is 0.667. The molecule has 0 heterocycles. The minimum absolute atomic E-state index is 0.316. The zero-order valence-corrected chi connectivity index (χ0v) is 8.50. The maximum Gasteiger partial charge on any atom is 0.327 e. The second-order valence-corrected chi connectivity index (χ2v) is 4.65. The summed E-state index contributed by atoms with van der Waals surface area (Å²) in [5.41, 5.74) is 0. The van der Waals surface area contributed by atoms with Crippen molar-refractivity contribution in [2.45, 2.75) is 13.0 Å². The normalized spacial score (nSPS) is 12.2. The maximum atomic E-state index is 10.5. The average molecular weight is 209 g/mol. The highest BCUT2D eigenvalue weighted by Crippen LogP contribution is 2.17. The third-order valence-electron chi connectivity index (χ3n) is 1.03. The van der Waals surface area contributed by atoms with Crippen LogP contribution in [0.5, 0.6) is 0 Å². The van der Waals surface area contributed by atoms with Crippen LogP contribution >= 0.6 is 21.6 Å². The molecule has 0 aliphatic heterocycles. The molecule has 0 bridgehead atoms. The highest BCUT2D eigenvalue weighted by Gasteiger charge is 2.17.